The number of anilines is 2. The molecular weight excluding hydrogens is 730 g/mol. The highest BCUT2D eigenvalue weighted by Crippen LogP contribution is 2.46. The van der Waals surface area contributed by atoms with Crippen LogP contribution in [0.4, 0.5) is 17.1 Å². The first kappa shape index (κ1) is 36.4. The summed E-state index contributed by atoms with van der Waals surface area (Å²) in [6.07, 6.45) is 5.18. The van der Waals surface area contributed by atoms with Crippen LogP contribution in [0.5, 0.6) is 0 Å². The number of fused-ring (bicyclic) bond motifs is 2. The van der Waals surface area contributed by atoms with Gasteiger partial charge in [-0.25, -0.2) is 4.85 Å². The summed E-state index contributed by atoms with van der Waals surface area (Å²) >= 11 is 6.37. The summed E-state index contributed by atoms with van der Waals surface area (Å²) in [5.74, 6) is -1.84. The number of halogens is 1. The van der Waals surface area contributed by atoms with Crippen molar-refractivity contribution >= 4 is 58.2 Å². The van der Waals surface area contributed by atoms with Gasteiger partial charge < -0.3 is 14.7 Å². The zero-order valence-corrected chi connectivity index (χ0v) is 32.2. The van der Waals surface area contributed by atoms with Crippen molar-refractivity contribution in [3.8, 4) is 0 Å². The number of nitrogens with zero attached hydrogens (tertiary/aromatic N) is 6. The van der Waals surface area contributed by atoms with E-state index in [0.29, 0.717) is 47.0 Å². The predicted molar refractivity (Wildman–Crippen MR) is 211 cm³/mol. The molecule has 9 rings (SSSR count). The highest BCUT2D eigenvalue weighted by Gasteiger charge is 2.47. The first-order chi connectivity index (χ1) is 27.0. The van der Waals surface area contributed by atoms with Crippen LogP contribution >= 0.6 is 11.6 Å². The molecule has 0 radical (unpaired) electrons. The van der Waals surface area contributed by atoms with Gasteiger partial charge in [-0.15, -0.1) is 0 Å². The standard InChI is InChI=1S/C43H44ClN7O5/c1-26-22-43(25-50(26)32-7-8-36(45-2)35(44)21-32)13-17-48(18-14-43)40(54)27-3-5-30(6-4-27)47-15-11-31(12-16-47)49-23-28-19-33-34(20-29(28)24-49)42(56)51(41(33)55)37-9-10-38(52)46-39(37)53/h3-8,19-21,26,31,37H,9-18,22-25H2,1H3,(H,46,52,53)/t26-,37?/m0/s1. The van der Waals surface area contributed by atoms with Crippen LogP contribution in [-0.4, -0.2) is 95.1 Å². The zero-order chi connectivity index (χ0) is 38.9. The molecule has 5 amide bonds. The van der Waals surface area contributed by atoms with Crippen LogP contribution in [0.1, 0.15) is 94.1 Å². The van der Waals surface area contributed by atoms with Crippen molar-refractivity contribution in [2.24, 2.45) is 5.41 Å². The maximum absolute atomic E-state index is 13.6. The molecule has 56 heavy (non-hydrogen) atoms. The smallest absolute Gasteiger partial charge is 0.262 e. The van der Waals surface area contributed by atoms with Crippen LogP contribution in [-0.2, 0) is 22.7 Å². The van der Waals surface area contributed by atoms with Gasteiger partial charge in [0.15, 0.2) is 0 Å². The molecule has 13 heteroatoms. The summed E-state index contributed by atoms with van der Waals surface area (Å²) in [6, 6.07) is 17.2. The van der Waals surface area contributed by atoms with Crippen LogP contribution in [0.2, 0.25) is 5.02 Å². The number of carbonyl (C=O) groups excluding carboxylic acids is 5. The molecule has 3 aromatic carbocycles. The largest absolute Gasteiger partial charge is 0.371 e. The fourth-order valence-corrected chi connectivity index (χ4v) is 10.3. The van der Waals surface area contributed by atoms with Gasteiger partial charge in [0, 0.05) is 86.3 Å². The van der Waals surface area contributed by atoms with Crippen LogP contribution in [0.3, 0.4) is 0 Å². The van der Waals surface area contributed by atoms with Gasteiger partial charge in [-0.05, 0) is 111 Å². The van der Waals surface area contributed by atoms with Gasteiger partial charge in [0.1, 0.15) is 6.04 Å². The second kappa shape index (κ2) is 14.0. The van der Waals surface area contributed by atoms with Crippen LogP contribution in [0, 0.1) is 12.0 Å². The number of amides is 5. The minimum atomic E-state index is -0.964. The summed E-state index contributed by atoms with van der Waals surface area (Å²) in [6.45, 7) is 15.1. The number of piperidine rings is 3. The van der Waals surface area contributed by atoms with Gasteiger partial charge in [-0.3, -0.25) is 39.1 Å². The maximum atomic E-state index is 13.6. The van der Waals surface area contributed by atoms with E-state index in [1.165, 1.54) is 0 Å². The molecule has 1 N–H and O–H groups in total. The lowest BCUT2D eigenvalue weighted by molar-refractivity contribution is -0.136. The molecule has 4 fully saturated rings. The highest BCUT2D eigenvalue weighted by atomic mass is 35.5. The molecule has 6 aliphatic heterocycles. The van der Waals surface area contributed by atoms with Gasteiger partial charge in [0.25, 0.3) is 17.7 Å². The molecule has 3 aromatic rings. The number of rotatable bonds is 5. The lowest BCUT2D eigenvalue weighted by Crippen LogP contribution is -2.54. The average molecular weight is 774 g/mol. The molecule has 6 heterocycles. The van der Waals surface area contributed by atoms with Crippen molar-refractivity contribution in [2.75, 3.05) is 42.5 Å². The van der Waals surface area contributed by atoms with Crippen LogP contribution in [0.15, 0.2) is 54.6 Å². The molecule has 2 atom stereocenters. The number of carbonyl (C=O) groups is 5. The molecule has 0 bridgehead atoms. The summed E-state index contributed by atoms with van der Waals surface area (Å²) in [7, 11) is 0. The molecule has 4 saturated heterocycles. The van der Waals surface area contributed by atoms with Gasteiger partial charge >= 0.3 is 0 Å². The first-order valence-corrected chi connectivity index (χ1v) is 20.1. The Hall–Kier alpha value is -5.25. The van der Waals surface area contributed by atoms with E-state index < -0.39 is 23.8 Å². The molecule has 1 spiro atoms. The number of hydrogen-bond donors (Lipinski definition) is 1. The molecule has 288 valence electrons. The Balaban J connectivity index is 0.767. The summed E-state index contributed by atoms with van der Waals surface area (Å²) in [4.78, 5) is 78.2. The Bertz CT molecular complexity index is 2160. The fourth-order valence-electron chi connectivity index (χ4n) is 10.1. The number of hydrogen-bond acceptors (Lipinski definition) is 8. The number of likely N-dealkylation sites (tertiary alicyclic amines) is 1. The Kier molecular flexibility index (Phi) is 9.13. The highest BCUT2D eigenvalue weighted by molar-refractivity contribution is 6.33. The predicted octanol–water partition coefficient (Wildman–Crippen LogP) is 5.80. The first-order valence-electron chi connectivity index (χ1n) is 19.7. The van der Waals surface area contributed by atoms with Crippen molar-refractivity contribution in [1.82, 2.24) is 20.0 Å². The van der Waals surface area contributed by atoms with Gasteiger partial charge in [-0.1, -0.05) is 17.7 Å². The quantitative estimate of drug-likeness (QED) is 0.256. The number of nitrogens with one attached hydrogen (secondary N) is 1. The molecule has 1 unspecified atom stereocenters. The van der Waals surface area contributed by atoms with E-state index in [1.54, 1.807) is 6.07 Å². The summed E-state index contributed by atoms with van der Waals surface area (Å²) < 4.78 is 0. The van der Waals surface area contributed by atoms with Crippen molar-refractivity contribution in [1.29, 1.82) is 0 Å². The average Bonchev–Trinajstić information content (AvgIpc) is 3.84. The van der Waals surface area contributed by atoms with Crippen LogP contribution in [0.25, 0.3) is 4.85 Å². The Morgan fingerprint density at radius 3 is 2.11 bits per heavy atom. The number of benzene rings is 3. The third kappa shape index (κ3) is 6.31. The maximum Gasteiger partial charge on any atom is 0.262 e. The van der Waals surface area contributed by atoms with Crippen molar-refractivity contribution in [3.63, 3.8) is 0 Å². The van der Waals surface area contributed by atoms with Gasteiger partial charge in [0.2, 0.25) is 17.5 Å². The SMILES string of the molecule is [C-]#[N+]c1ccc(N2CC3(CCN(C(=O)c4ccc(N5CCC(N6Cc7cc8c(cc7C6)C(=O)N(C6CCC(=O)NC6=O)C8=O)CC5)cc4)CC3)C[C@@H]2C)cc1Cl. The molecule has 0 aromatic heterocycles. The third-order valence-electron chi connectivity index (χ3n) is 13.2. The molecular formula is C43H44ClN7O5. The molecule has 12 nitrogen and oxygen atoms in total. The molecule has 6 aliphatic rings. The molecule has 0 aliphatic carbocycles. The van der Waals surface area contributed by atoms with Crippen LogP contribution < -0.4 is 15.1 Å². The lowest BCUT2D eigenvalue weighted by Gasteiger charge is -2.39. The Morgan fingerprint density at radius 2 is 1.50 bits per heavy atom. The second-order valence-corrected chi connectivity index (χ2v) is 16.9. The monoisotopic (exact) mass is 773 g/mol. The third-order valence-corrected chi connectivity index (χ3v) is 13.5. The molecule has 0 saturated carbocycles. The van der Waals surface area contributed by atoms with E-state index >= 15 is 0 Å². The van der Waals surface area contributed by atoms with E-state index in [1.807, 2.05) is 41.3 Å². The van der Waals surface area contributed by atoms with Gasteiger partial charge in [0.05, 0.1) is 17.7 Å². The summed E-state index contributed by atoms with van der Waals surface area (Å²) in [5, 5.41) is 2.74. The second-order valence-electron chi connectivity index (χ2n) is 16.5. The van der Waals surface area contributed by atoms with Gasteiger partial charge in [-0.2, -0.15) is 0 Å². The van der Waals surface area contributed by atoms with E-state index in [2.05, 4.69) is 43.9 Å². The Labute approximate surface area is 331 Å². The van der Waals surface area contributed by atoms with Crippen molar-refractivity contribution < 1.29 is 24.0 Å². The van der Waals surface area contributed by atoms with E-state index in [0.717, 1.165) is 97.8 Å². The fraction of sp³-hybridized carbons (Fsp3) is 0.442. The Morgan fingerprint density at radius 1 is 0.857 bits per heavy atom. The summed E-state index contributed by atoms with van der Waals surface area (Å²) in [5.41, 5.74) is 6.27. The minimum absolute atomic E-state index is 0.0844. The van der Waals surface area contributed by atoms with Crippen molar-refractivity contribution in [2.45, 2.75) is 83.1 Å². The van der Waals surface area contributed by atoms with E-state index in [4.69, 9.17) is 18.2 Å². The van der Waals surface area contributed by atoms with E-state index in [9.17, 15) is 24.0 Å². The van der Waals surface area contributed by atoms with E-state index in [-0.39, 0.29) is 30.1 Å². The topological polar surface area (TPSA) is 118 Å². The van der Waals surface area contributed by atoms with Crippen molar-refractivity contribution in [3.05, 3.63) is 98.9 Å². The zero-order valence-electron chi connectivity index (χ0n) is 31.4. The normalized spacial score (nSPS) is 23.8. The minimum Gasteiger partial charge on any atom is -0.371 e. The lowest BCUT2D eigenvalue weighted by atomic mass is 9.76. The number of imide groups is 2.